The van der Waals surface area contributed by atoms with Gasteiger partial charge in [0, 0.05) is 17.6 Å². The fraction of sp³-hybridized carbons (Fsp3) is 0.412. The largest absolute Gasteiger partial charge is 0.481 e. The fourth-order valence-electron chi connectivity index (χ4n) is 3.24. The van der Waals surface area contributed by atoms with Crippen LogP contribution in [-0.2, 0) is 20.6 Å². The second kappa shape index (κ2) is 6.86. The number of aliphatic carboxylic acids is 1. The minimum absolute atomic E-state index is 0.125. The van der Waals surface area contributed by atoms with Crippen molar-refractivity contribution in [2.45, 2.75) is 37.5 Å². The van der Waals surface area contributed by atoms with Crippen LogP contribution in [-0.4, -0.2) is 30.5 Å². The van der Waals surface area contributed by atoms with Crippen molar-refractivity contribution in [1.82, 2.24) is 9.71 Å². The van der Waals surface area contributed by atoms with Crippen LogP contribution in [0.1, 0.15) is 31.2 Å². The average molecular weight is 348 g/mol. The van der Waals surface area contributed by atoms with E-state index in [-0.39, 0.29) is 17.7 Å². The molecule has 3 rings (SSSR count). The van der Waals surface area contributed by atoms with Crippen molar-refractivity contribution >= 4 is 26.9 Å². The lowest BCUT2D eigenvalue weighted by atomic mass is 9.87. The molecule has 0 saturated heterocycles. The molecule has 0 amide bonds. The second-order valence-corrected chi connectivity index (χ2v) is 8.01. The summed E-state index contributed by atoms with van der Waals surface area (Å²) in [4.78, 5) is 15.3. The molecule has 0 atom stereocenters. The first-order chi connectivity index (χ1) is 11.4. The molecule has 0 unspecified atom stereocenters. The van der Waals surface area contributed by atoms with Crippen LogP contribution in [0.2, 0.25) is 0 Å². The number of benzene rings is 1. The molecule has 0 spiro atoms. The van der Waals surface area contributed by atoms with Crippen LogP contribution in [0.15, 0.2) is 36.5 Å². The number of pyridine rings is 1. The van der Waals surface area contributed by atoms with Crippen molar-refractivity contribution in [2.75, 3.05) is 0 Å². The highest BCUT2D eigenvalue weighted by molar-refractivity contribution is 7.88. The molecule has 1 saturated carbocycles. The monoisotopic (exact) mass is 348 g/mol. The van der Waals surface area contributed by atoms with Gasteiger partial charge in [-0.3, -0.25) is 9.78 Å². The lowest BCUT2D eigenvalue weighted by Gasteiger charge is -2.26. The molecule has 1 aromatic heterocycles. The van der Waals surface area contributed by atoms with Gasteiger partial charge < -0.3 is 5.11 Å². The van der Waals surface area contributed by atoms with Crippen LogP contribution in [0.25, 0.3) is 10.9 Å². The molecular formula is C17H20N2O4S. The van der Waals surface area contributed by atoms with Crippen molar-refractivity contribution in [3.63, 3.8) is 0 Å². The zero-order valence-corrected chi connectivity index (χ0v) is 14.0. The van der Waals surface area contributed by atoms with Crippen LogP contribution >= 0.6 is 0 Å². The molecule has 0 bridgehead atoms. The Morgan fingerprint density at radius 3 is 2.58 bits per heavy atom. The summed E-state index contributed by atoms with van der Waals surface area (Å²) in [7, 11) is -3.50. The number of hydrogen-bond donors (Lipinski definition) is 2. The number of carboxylic acid groups (broad SMARTS) is 1. The lowest BCUT2D eigenvalue weighted by molar-refractivity contribution is -0.142. The number of carbonyl (C=O) groups is 1. The minimum atomic E-state index is -3.50. The van der Waals surface area contributed by atoms with E-state index in [4.69, 9.17) is 5.11 Å². The third-order valence-corrected chi connectivity index (χ3v) is 5.87. The van der Waals surface area contributed by atoms with Crippen LogP contribution in [0.4, 0.5) is 0 Å². The topological polar surface area (TPSA) is 96.4 Å². The predicted octanol–water partition coefficient (Wildman–Crippen LogP) is 2.30. The van der Waals surface area contributed by atoms with Gasteiger partial charge in [-0.05, 0) is 37.3 Å². The van der Waals surface area contributed by atoms with Crippen molar-refractivity contribution in [1.29, 1.82) is 0 Å². The third-order valence-electron chi connectivity index (χ3n) is 4.48. The molecule has 6 nitrogen and oxygen atoms in total. The van der Waals surface area contributed by atoms with E-state index < -0.39 is 16.0 Å². The van der Waals surface area contributed by atoms with E-state index in [0.717, 1.165) is 5.39 Å². The fourth-order valence-corrected chi connectivity index (χ4v) is 4.71. The molecule has 1 fully saturated rings. The number of sulfonamides is 1. The maximum Gasteiger partial charge on any atom is 0.306 e. The highest BCUT2D eigenvalue weighted by Gasteiger charge is 2.28. The molecule has 2 aromatic rings. The number of hydrogen-bond acceptors (Lipinski definition) is 4. The van der Waals surface area contributed by atoms with E-state index in [9.17, 15) is 13.2 Å². The summed E-state index contributed by atoms with van der Waals surface area (Å²) in [5, 5.41) is 9.92. The molecule has 24 heavy (non-hydrogen) atoms. The Balaban J connectivity index is 1.69. The van der Waals surface area contributed by atoms with Gasteiger partial charge in [0.15, 0.2) is 0 Å². The number of aromatic nitrogens is 1. The van der Waals surface area contributed by atoms with Gasteiger partial charge in [-0.1, -0.05) is 24.3 Å². The number of carboxylic acids is 1. The van der Waals surface area contributed by atoms with Crippen LogP contribution in [0.5, 0.6) is 0 Å². The average Bonchev–Trinajstić information content (AvgIpc) is 2.55. The van der Waals surface area contributed by atoms with Gasteiger partial charge in [-0.2, -0.15) is 0 Å². The first-order valence-corrected chi connectivity index (χ1v) is 9.65. The third kappa shape index (κ3) is 3.91. The van der Waals surface area contributed by atoms with E-state index in [1.807, 2.05) is 24.3 Å². The van der Waals surface area contributed by atoms with E-state index in [0.29, 0.717) is 36.8 Å². The van der Waals surface area contributed by atoms with Crippen LogP contribution < -0.4 is 4.72 Å². The van der Waals surface area contributed by atoms with E-state index >= 15 is 0 Å². The number of rotatable bonds is 5. The summed E-state index contributed by atoms with van der Waals surface area (Å²) in [6.07, 6.45) is 3.80. The molecule has 1 aromatic carbocycles. The molecular weight excluding hydrogens is 328 g/mol. The van der Waals surface area contributed by atoms with Gasteiger partial charge in [-0.25, -0.2) is 13.1 Å². The van der Waals surface area contributed by atoms with Crippen molar-refractivity contribution < 1.29 is 18.3 Å². The highest BCUT2D eigenvalue weighted by Crippen LogP contribution is 2.25. The van der Waals surface area contributed by atoms with Gasteiger partial charge in [0.2, 0.25) is 10.0 Å². The molecule has 128 valence electrons. The smallest absolute Gasteiger partial charge is 0.306 e. The Morgan fingerprint density at radius 1 is 1.17 bits per heavy atom. The first-order valence-electron chi connectivity index (χ1n) is 8.00. The van der Waals surface area contributed by atoms with Crippen LogP contribution in [0, 0.1) is 5.92 Å². The maximum atomic E-state index is 12.5. The normalized spacial score (nSPS) is 21.7. The quantitative estimate of drug-likeness (QED) is 0.864. The number of fused-ring (bicyclic) bond motifs is 1. The number of nitrogens with zero attached hydrogens (tertiary/aromatic N) is 1. The van der Waals surface area contributed by atoms with E-state index in [2.05, 4.69) is 9.71 Å². The van der Waals surface area contributed by atoms with Gasteiger partial charge in [0.05, 0.1) is 17.2 Å². The Labute approximate surface area is 141 Å². The van der Waals surface area contributed by atoms with Crippen molar-refractivity contribution in [3.05, 3.63) is 42.1 Å². The van der Waals surface area contributed by atoms with Gasteiger partial charge in [0.1, 0.15) is 0 Å². The van der Waals surface area contributed by atoms with Gasteiger partial charge >= 0.3 is 5.97 Å². The molecule has 0 radical (unpaired) electrons. The standard InChI is InChI=1S/C17H20N2O4S/c20-17(21)13-6-8-15(9-7-13)19-24(22,23)11-14-4-1-3-12-5-2-10-18-16(12)14/h1-5,10,13,15,19H,6-9,11H2,(H,20,21). The lowest BCUT2D eigenvalue weighted by Crippen LogP contribution is -2.39. The van der Waals surface area contributed by atoms with Gasteiger partial charge in [-0.15, -0.1) is 0 Å². The maximum absolute atomic E-state index is 12.5. The number of nitrogens with one attached hydrogen (secondary N) is 1. The summed E-state index contributed by atoms with van der Waals surface area (Å²) >= 11 is 0. The Kier molecular flexibility index (Phi) is 4.82. The Bertz CT molecular complexity index is 837. The van der Waals surface area contributed by atoms with Crippen molar-refractivity contribution in [3.8, 4) is 0 Å². The molecule has 1 heterocycles. The Morgan fingerprint density at radius 2 is 1.88 bits per heavy atom. The van der Waals surface area contributed by atoms with E-state index in [1.54, 1.807) is 12.3 Å². The number of para-hydroxylation sites is 1. The molecule has 1 aliphatic carbocycles. The van der Waals surface area contributed by atoms with Gasteiger partial charge in [0.25, 0.3) is 0 Å². The summed E-state index contributed by atoms with van der Waals surface area (Å²) in [6, 6.07) is 9.04. The predicted molar refractivity (Wildman–Crippen MR) is 90.9 cm³/mol. The molecule has 7 heteroatoms. The van der Waals surface area contributed by atoms with Crippen LogP contribution in [0.3, 0.4) is 0 Å². The second-order valence-electron chi connectivity index (χ2n) is 6.26. The Hall–Kier alpha value is -1.99. The zero-order chi connectivity index (χ0) is 17.2. The highest BCUT2D eigenvalue weighted by atomic mass is 32.2. The molecule has 1 aliphatic rings. The SMILES string of the molecule is O=C(O)C1CCC(NS(=O)(=O)Cc2cccc3cccnc23)CC1. The van der Waals surface area contributed by atoms with E-state index in [1.165, 1.54) is 0 Å². The summed E-state index contributed by atoms with van der Waals surface area (Å²) in [6.45, 7) is 0. The molecule has 2 N–H and O–H groups in total. The first kappa shape index (κ1) is 16.9. The summed E-state index contributed by atoms with van der Waals surface area (Å²) < 4.78 is 27.7. The van der Waals surface area contributed by atoms with Crippen molar-refractivity contribution in [2.24, 2.45) is 5.92 Å². The summed E-state index contributed by atoms with van der Waals surface area (Å²) in [5.41, 5.74) is 1.36. The minimum Gasteiger partial charge on any atom is -0.481 e. The molecule has 0 aliphatic heterocycles. The zero-order valence-electron chi connectivity index (χ0n) is 13.2. The summed E-state index contributed by atoms with van der Waals surface area (Å²) in [5.74, 6) is -1.27.